The molecule has 0 N–H and O–H groups in total. The van der Waals surface area contributed by atoms with Crippen LogP contribution in [0.3, 0.4) is 0 Å². The zero-order valence-corrected chi connectivity index (χ0v) is 17.9. The molecule has 0 aliphatic carbocycles. The zero-order valence-electron chi connectivity index (χ0n) is 16.3. The number of aromatic nitrogens is 3. The Morgan fingerprint density at radius 2 is 2.07 bits per heavy atom. The molecule has 2 aromatic heterocycles. The molecule has 1 fully saturated rings. The number of aryl methyl sites for hydroxylation is 1. The Hall–Kier alpha value is -1.85. The van der Waals surface area contributed by atoms with Crippen molar-refractivity contribution in [3.8, 4) is 11.3 Å². The predicted molar refractivity (Wildman–Crippen MR) is 104 cm³/mol. The van der Waals surface area contributed by atoms with Gasteiger partial charge in [-0.05, 0) is 13.3 Å². The van der Waals surface area contributed by atoms with E-state index >= 15 is 0 Å². The van der Waals surface area contributed by atoms with Crippen molar-refractivity contribution in [1.29, 1.82) is 0 Å². The minimum absolute atomic E-state index is 0.0177. The first-order chi connectivity index (χ1) is 13.0. The Labute approximate surface area is 165 Å². The van der Waals surface area contributed by atoms with Crippen LogP contribution in [0.25, 0.3) is 11.3 Å². The number of hydrogen-bond donors (Lipinski definition) is 0. The maximum atomic E-state index is 12.9. The molecule has 0 amide bonds. The molecule has 3 heterocycles. The molecule has 0 spiro atoms. The molecule has 0 bridgehead atoms. The molecule has 0 aromatic carbocycles. The van der Waals surface area contributed by atoms with Crippen LogP contribution in [0.5, 0.6) is 0 Å². The summed E-state index contributed by atoms with van der Waals surface area (Å²) < 4.78 is 55.6. The van der Waals surface area contributed by atoms with Gasteiger partial charge in [0.25, 0.3) is 0 Å². The van der Waals surface area contributed by atoms with Gasteiger partial charge in [0, 0.05) is 25.2 Å². The Morgan fingerprint density at radius 1 is 1.36 bits per heavy atom. The van der Waals surface area contributed by atoms with E-state index < -0.39 is 25.1 Å². The molecule has 3 rings (SSSR count). The van der Waals surface area contributed by atoms with E-state index in [1.54, 1.807) is 19.2 Å². The van der Waals surface area contributed by atoms with Crippen LogP contribution in [0.1, 0.15) is 43.4 Å². The summed E-state index contributed by atoms with van der Waals surface area (Å²) in [7, 11) is -5.66. The monoisotopic (exact) mass is 428 g/mol. The van der Waals surface area contributed by atoms with Gasteiger partial charge in [-0.15, -0.1) is 0 Å². The molecule has 1 saturated heterocycles. The highest BCUT2D eigenvalue weighted by atomic mass is 32.2. The highest BCUT2D eigenvalue weighted by molar-refractivity contribution is 7.95. The lowest BCUT2D eigenvalue weighted by Gasteiger charge is -2.21. The van der Waals surface area contributed by atoms with E-state index in [0.29, 0.717) is 28.5 Å². The quantitative estimate of drug-likeness (QED) is 0.678. The van der Waals surface area contributed by atoms with Gasteiger partial charge in [0.15, 0.2) is 15.6 Å². The second kappa shape index (κ2) is 7.53. The van der Waals surface area contributed by atoms with Crippen LogP contribution < -0.4 is 0 Å². The first-order valence-electron chi connectivity index (χ1n) is 8.94. The molecule has 0 saturated carbocycles. The molecule has 9 nitrogen and oxygen atoms in total. The highest BCUT2D eigenvalue weighted by Crippen LogP contribution is 2.27. The van der Waals surface area contributed by atoms with Gasteiger partial charge in [0.2, 0.25) is 10.0 Å². The normalized spacial score (nSPS) is 19.6. The molecule has 1 aliphatic rings. The van der Waals surface area contributed by atoms with Crippen LogP contribution in [-0.2, 0) is 26.4 Å². The van der Waals surface area contributed by atoms with E-state index in [4.69, 9.17) is 4.52 Å². The second-order valence-electron chi connectivity index (χ2n) is 7.40. The molecular weight excluding hydrogens is 404 g/mol. The number of hydrogen-bond acceptors (Lipinski definition) is 8. The average molecular weight is 429 g/mol. The van der Waals surface area contributed by atoms with Gasteiger partial charge in [0.1, 0.15) is 5.82 Å². The lowest BCUT2D eigenvalue weighted by atomic mass is 10.1. The Morgan fingerprint density at radius 3 is 2.61 bits per heavy atom. The van der Waals surface area contributed by atoms with Crippen molar-refractivity contribution >= 4 is 19.9 Å². The molecule has 28 heavy (non-hydrogen) atoms. The fourth-order valence-corrected chi connectivity index (χ4v) is 7.31. The van der Waals surface area contributed by atoms with Crippen molar-refractivity contribution in [2.24, 2.45) is 0 Å². The number of nitrogens with zero attached hydrogens (tertiary/aromatic N) is 4. The first kappa shape index (κ1) is 20.9. The zero-order chi connectivity index (χ0) is 20.7. The topological polar surface area (TPSA) is 123 Å². The summed E-state index contributed by atoms with van der Waals surface area (Å²) in [6.45, 7) is 5.66. The predicted octanol–water partition coefficient (Wildman–Crippen LogP) is 1.51. The fraction of sp³-hybridized carbons (Fsp3) is 0.588. The number of sulfonamides is 1. The van der Waals surface area contributed by atoms with Crippen molar-refractivity contribution in [1.82, 2.24) is 19.4 Å². The maximum Gasteiger partial charge on any atom is 0.218 e. The van der Waals surface area contributed by atoms with Gasteiger partial charge >= 0.3 is 0 Å². The van der Waals surface area contributed by atoms with E-state index in [2.05, 4.69) is 15.1 Å². The largest absolute Gasteiger partial charge is 0.356 e. The van der Waals surface area contributed by atoms with Crippen molar-refractivity contribution in [2.75, 3.05) is 18.6 Å². The van der Waals surface area contributed by atoms with Crippen LogP contribution in [0, 0.1) is 6.92 Å². The molecule has 11 heteroatoms. The van der Waals surface area contributed by atoms with Gasteiger partial charge in [-0.2, -0.15) is 4.31 Å². The average Bonchev–Trinajstić information content (AvgIpc) is 3.20. The van der Waals surface area contributed by atoms with Gasteiger partial charge in [0.05, 0.1) is 40.3 Å². The van der Waals surface area contributed by atoms with Crippen LogP contribution in [0.2, 0.25) is 0 Å². The summed E-state index contributed by atoms with van der Waals surface area (Å²) in [6, 6.07) is 1.73. The van der Waals surface area contributed by atoms with E-state index in [1.807, 2.05) is 13.8 Å². The lowest BCUT2D eigenvalue weighted by molar-refractivity contribution is 0.423. The number of sulfone groups is 1. The summed E-state index contributed by atoms with van der Waals surface area (Å²) in [5.41, 5.74) is 1.74. The minimum Gasteiger partial charge on any atom is -0.356 e. The van der Waals surface area contributed by atoms with Crippen molar-refractivity contribution in [2.45, 2.75) is 44.9 Å². The lowest BCUT2D eigenvalue weighted by Crippen LogP contribution is -2.36. The highest BCUT2D eigenvalue weighted by Gasteiger charge is 2.39. The van der Waals surface area contributed by atoms with Gasteiger partial charge < -0.3 is 4.52 Å². The molecule has 2 aromatic rings. The first-order valence-corrected chi connectivity index (χ1v) is 12.3. The summed E-state index contributed by atoms with van der Waals surface area (Å²) in [5.74, 6) is 0.667. The van der Waals surface area contributed by atoms with Crippen molar-refractivity contribution < 1.29 is 21.4 Å². The van der Waals surface area contributed by atoms with Crippen molar-refractivity contribution in [3.63, 3.8) is 0 Å². The Kier molecular flexibility index (Phi) is 5.61. The van der Waals surface area contributed by atoms with E-state index in [9.17, 15) is 16.8 Å². The third-order valence-electron chi connectivity index (χ3n) is 4.71. The second-order valence-corrected chi connectivity index (χ2v) is 12.0. The van der Waals surface area contributed by atoms with Crippen LogP contribution in [-0.4, -0.2) is 60.1 Å². The summed E-state index contributed by atoms with van der Waals surface area (Å²) in [4.78, 5) is 8.89. The Balaban J connectivity index is 1.94. The van der Waals surface area contributed by atoms with E-state index in [0.717, 1.165) is 4.31 Å². The van der Waals surface area contributed by atoms with Gasteiger partial charge in [-0.3, -0.25) is 0 Å². The SMILES string of the molecule is Cc1cc(-c2cnc(C(C)C)nc2CN(C)S(=O)(=O)[C@@H]2CCS(=O)(=O)C2)on1. The molecule has 0 unspecified atom stereocenters. The number of rotatable bonds is 6. The third-order valence-corrected chi connectivity index (χ3v) is 8.94. The molecule has 0 radical (unpaired) electrons. The van der Waals surface area contributed by atoms with Gasteiger partial charge in [-0.1, -0.05) is 19.0 Å². The van der Waals surface area contributed by atoms with Crippen molar-refractivity contribution in [3.05, 3.63) is 29.5 Å². The van der Waals surface area contributed by atoms with Crippen LogP contribution >= 0.6 is 0 Å². The standard InChI is InChI=1S/C17H24N4O5S2/c1-11(2)17-18-8-14(16-7-12(3)20-26-16)15(19-17)9-21(4)28(24,25)13-5-6-27(22,23)10-13/h7-8,11,13H,5-6,9-10H2,1-4H3/t13-/m1/s1. The van der Waals surface area contributed by atoms with Crippen LogP contribution in [0.4, 0.5) is 0 Å². The van der Waals surface area contributed by atoms with Crippen LogP contribution in [0.15, 0.2) is 16.8 Å². The minimum atomic E-state index is -3.79. The van der Waals surface area contributed by atoms with E-state index in [1.165, 1.54) is 7.05 Å². The molecule has 154 valence electrons. The molecule has 1 atom stereocenters. The third kappa shape index (κ3) is 4.26. The Bertz CT molecular complexity index is 1080. The smallest absolute Gasteiger partial charge is 0.218 e. The summed E-state index contributed by atoms with van der Waals surface area (Å²) in [5, 5.41) is 2.94. The summed E-state index contributed by atoms with van der Waals surface area (Å²) in [6.07, 6.45) is 1.72. The molecular formula is C17H24N4O5S2. The molecule has 1 aliphatic heterocycles. The van der Waals surface area contributed by atoms with Gasteiger partial charge in [-0.25, -0.2) is 26.8 Å². The maximum absolute atomic E-state index is 12.9. The summed E-state index contributed by atoms with van der Waals surface area (Å²) >= 11 is 0. The fourth-order valence-electron chi connectivity index (χ4n) is 3.08. The van der Waals surface area contributed by atoms with E-state index in [-0.39, 0.29) is 30.4 Å².